The Kier molecular flexibility index (Phi) is 5.68. The zero-order valence-corrected chi connectivity index (χ0v) is 15.9. The van der Waals surface area contributed by atoms with E-state index in [2.05, 4.69) is 34.6 Å². The van der Waals surface area contributed by atoms with Crippen molar-refractivity contribution in [3.05, 3.63) is 95.3 Å². The van der Waals surface area contributed by atoms with E-state index in [9.17, 15) is 4.79 Å². The summed E-state index contributed by atoms with van der Waals surface area (Å²) in [7, 11) is 0. The summed E-state index contributed by atoms with van der Waals surface area (Å²) in [6, 6.07) is 20.1. The molecule has 29 heavy (non-hydrogen) atoms. The summed E-state index contributed by atoms with van der Waals surface area (Å²) in [5.41, 5.74) is 6.32. The lowest BCUT2D eigenvalue weighted by Gasteiger charge is -2.14. The summed E-state index contributed by atoms with van der Waals surface area (Å²) in [4.78, 5) is 16.3. The Hall–Kier alpha value is -3.44. The number of aliphatic hydroxyl groups is 1. The molecule has 1 heterocycles. The number of ether oxygens (including phenoxy) is 1. The lowest BCUT2D eigenvalue weighted by atomic mass is 9.98. The first-order chi connectivity index (χ1) is 14.3. The van der Waals surface area contributed by atoms with Crippen molar-refractivity contribution < 1.29 is 14.6 Å². The minimum Gasteiger partial charge on any atom is -0.449 e. The van der Waals surface area contributed by atoms with Crippen LogP contribution in [0.3, 0.4) is 0 Å². The monoisotopic (exact) mass is 386 g/mol. The van der Waals surface area contributed by atoms with E-state index in [1.165, 1.54) is 22.3 Å². The molecule has 4 rings (SSSR count). The van der Waals surface area contributed by atoms with Gasteiger partial charge in [0.25, 0.3) is 0 Å². The van der Waals surface area contributed by atoms with E-state index in [1.807, 2.05) is 24.3 Å². The molecule has 0 spiro atoms. The number of fused-ring (bicyclic) bond motifs is 3. The topological polar surface area (TPSA) is 71.5 Å². The van der Waals surface area contributed by atoms with Crippen LogP contribution in [-0.2, 0) is 11.3 Å². The fourth-order valence-corrected chi connectivity index (χ4v) is 3.66. The average molecular weight is 386 g/mol. The number of amides is 1. The molecule has 1 aliphatic carbocycles. The summed E-state index contributed by atoms with van der Waals surface area (Å²) in [5.74, 6) is 0.0501. The second-order valence-electron chi connectivity index (χ2n) is 6.86. The van der Waals surface area contributed by atoms with E-state index in [-0.39, 0.29) is 12.5 Å². The van der Waals surface area contributed by atoms with E-state index in [0.29, 0.717) is 13.2 Å². The Morgan fingerprint density at radius 3 is 2.45 bits per heavy atom. The predicted octanol–water partition coefficient (Wildman–Crippen LogP) is 4.13. The van der Waals surface area contributed by atoms with Gasteiger partial charge in [-0.1, -0.05) is 54.6 Å². The van der Waals surface area contributed by atoms with E-state index in [4.69, 9.17) is 9.84 Å². The van der Waals surface area contributed by atoms with Gasteiger partial charge in [-0.15, -0.1) is 0 Å². The molecule has 0 saturated heterocycles. The van der Waals surface area contributed by atoms with Gasteiger partial charge in [0.1, 0.15) is 6.61 Å². The number of nitrogens with one attached hydrogen (secondary N) is 1. The largest absolute Gasteiger partial charge is 0.449 e. The van der Waals surface area contributed by atoms with E-state index in [1.54, 1.807) is 30.5 Å². The Morgan fingerprint density at radius 2 is 1.76 bits per heavy atom. The first-order valence-electron chi connectivity index (χ1n) is 9.57. The summed E-state index contributed by atoms with van der Waals surface area (Å²) in [5, 5.41) is 11.9. The van der Waals surface area contributed by atoms with Crippen molar-refractivity contribution in [2.45, 2.75) is 12.5 Å². The van der Waals surface area contributed by atoms with Crippen LogP contribution in [0.25, 0.3) is 17.2 Å². The van der Waals surface area contributed by atoms with Gasteiger partial charge in [0.15, 0.2) is 0 Å². The summed E-state index contributed by atoms with van der Waals surface area (Å²) in [6.45, 7) is 0.604. The van der Waals surface area contributed by atoms with Crippen LogP contribution in [0.4, 0.5) is 4.79 Å². The van der Waals surface area contributed by atoms with Crippen molar-refractivity contribution in [3.8, 4) is 11.1 Å². The van der Waals surface area contributed by atoms with E-state index < -0.39 is 6.09 Å². The summed E-state index contributed by atoms with van der Waals surface area (Å²) < 4.78 is 5.50. The molecule has 0 radical (unpaired) electrons. The third kappa shape index (κ3) is 4.20. The number of carbonyl (C=O) groups excluding carboxylic acids is 1. The van der Waals surface area contributed by atoms with Gasteiger partial charge in [-0.05, 0) is 46.0 Å². The van der Waals surface area contributed by atoms with Gasteiger partial charge < -0.3 is 15.2 Å². The third-order valence-electron chi connectivity index (χ3n) is 5.02. The van der Waals surface area contributed by atoms with Crippen LogP contribution < -0.4 is 5.32 Å². The highest BCUT2D eigenvalue weighted by atomic mass is 16.5. The maximum Gasteiger partial charge on any atom is 0.407 e. The molecule has 0 aliphatic heterocycles. The quantitative estimate of drug-likeness (QED) is 0.668. The van der Waals surface area contributed by atoms with Crippen LogP contribution >= 0.6 is 0 Å². The fourth-order valence-electron chi connectivity index (χ4n) is 3.66. The van der Waals surface area contributed by atoms with Gasteiger partial charge in [-0.25, -0.2) is 4.79 Å². The molecule has 5 heteroatoms. The number of pyridine rings is 1. The number of hydrogen-bond acceptors (Lipinski definition) is 4. The van der Waals surface area contributed by atoms with Crippen molar-refractivity contribution >= 4 is 12.2 Å². The molecule has 3 aromatic rings. The Labute approximate surface area is 169 Å². The number of nitrogens with zero attached hydrogens (tertiary/aromatic N) is 1. The molecule has 0 saturated carbocycles. The first-order valence-corrected chi connectivity index (χ1v) is 9.57. The molecule has 0 atom stereocenters. The van der Waals surface area contributed by atoms with Crippen molar-refractivity contribution in [2.24, 2.45) is 0 Å². The molecule has 2 aromatic carbocycles. The van der Waals surface area contributed by atoms with Gasteiger partial charge in [0.2, 0.25) is 0 Å². The first kappa shape index (κ1) is 18.9. The minimum absolute atomic E-state index is 0.0264. The van der Waals surface area contributed by atoms with Crippen molar-refractivity contribution in [3.63, 3.8) is 0 Å². The van der Waals surface area contributed by atoms with Gasteiger partial charge in [0, 0.05) is 18.7 Å². The highest BCUT2D eigenvalue weighted by molar-refractivity contribution is 5.79. The van der Waals surface area contributed by atoms with Crippen LogP contribution in [-0.4, -0.2) is 29.3 Å². The summed E-state index contributed by atoms with van der Waals surface area (Å²) >= 11 is 0. The SMILES string of the molecule is O=C(NCC=Cc1cc(CO)ccn1)OCC1c2ccccc2-c2ccccc21. The third-order valence-corrected chi connectivity index (χ3v) is 5.02. The van der Waals surface area contributed by atoms with Crippen LogP contribution in [0.5, 0.6) is 0 Å². The Morgan fingerprint density at radius 1 is 1.07 bits per heavy atom. The van der Waals surface area contributed by atoms with Gasteiger partial charge >= 0.3 is 6.09 Å². The molecule has 146 valence electrons. The Balaban J connectivity index is 1.32. The van der Waals surface area contributed by atoms with E-state index >= 15 is 0 Å². The van der Waals surface area contributed by atoms with Crippen molar-refractivity contribution in [1.29, 1.82) is 0 Å². The molecule has 1 aromatic heterocycles. The molecule has 2 N–H and O–H groups in total. The standard InChI is InChI=1S/C24H22N2O3/c27-15-17-11-13-25-18(14-17)6-5-12-26-24(28)29-16-23-21-9-3-1-7-19(21)20-8-2-4-10-22(20)23/h1-11,13-14,23,27H,12,15-16H2,(H,26,28). The van der Waals surface area contributed by atoms with Crippen LogP contribution in [0.2, 0.25) is 0 Å². The lowest BCUT2D eigenvalue weighted by molar-refractivity contribution is 0.144. The van der Waals surface area contributed by atoms with Gasteiger partial charge in [-0.3, -0.25) is 4.98 Å². The highest BCUT2D eigenvalue weighted by Gasteiger charge is 2.28. The number of carbonyl (C=O) groups is 1. The van der Waals surface area contributed by atoms with Gasteiger partial charge in [0.05, 0.1) is 12.3 Å². The molecular weight excluding hydrogens is 364 g/mol. The summed E-state index contributed by atoms with van der Waals surface area (Å²) in [6.07, 6.45) is 4.78. The van der Waals surface area contributed by atoms with Crippen LogP contribution in [0.15, 0.2) is 72.9 Å². The van der Waals surface area contributed by atoms with Crippen LogP contribution in [0, 0.1) is 0 Å². The fraction of sp³-hybridized carbons (Fsp3) is 0.167. The number of aliphatic hydroxyl groups excluding tert-OH is 1. The molecule has 0 bridgehead atoms. The molecule has 1 aliphatic rings. The van der Waals surface area contributed by atoms with E-state index in [0.717, 1.165) is 11.3 Å². The second kappa shape index (κ2) is 8.71. The maximum absolute atomic E-state index is 12.1. The molecule has 1 amide bonds. The minimum atomic E-state index is -0.450. The average Bonchev–Trinajstić information content (AvgIpc) is 3.09. The molecule has 0 unspecified atom stereocenters. The smallest absolute Gasteiger partial charge is 0.407 e. The normalized spacial score (nSPS) is 12.6. The van der Waals surface area contributed by atoms with Crippen molar-refractivity contribution in [1.82, 2.24) is 10.3 Å². The second-order valence-corrected chi connectivity index (χ2v) is 6.86. The number of hydrogen-bond donors (Lipinski definition) is 2. The highest BCUT2D eigenvalue weighted by Crippen LogP contribution is 2.44. The molecule has 5 nitrogen and oxygen atoms in total. The predicted molar refractivity (Wildman–Crippen MR) is 112 cm³/mol. The Bertz CT molecular complexity index is 1000. The van der Waals surface area contributed by atoms with Crippen molar-refractivity contribution in [2.75, 3.05) is 13.2 Å². The number of rotatable bonds is 6. The molecular formula is C24H22N2O3. The van der Waals surface area contributed by atoms with Gasteiger partial charge in [-0.2, -0.15) is 0 Å². The van der Waals surface area contributed by atoms with Crippen LogP contribution in [0.1, 0.15) is 28.3 Å². The zero-order chi connectivity index (χ0) is 20.1. The zero-order valence-electron chi connectivity index (χ0n) is 15.9. The number of aromatic nitrogens is 1. The maximum atomic E-state index is 12.1. The lowest BCUT2D eigenvalue weighted by Crippen LogP contribution is -2.26. The number of alkyl carbamates (subject to hydrolysis) is 1. The number of benzene rings is 2. The molecule has 0 fully saturated rings.